The Morgan fingerprint density at radius 1 is 1.08 bits per heavy atom. The van der Waals surface area contributed by atoms with Crippen LogP contribution >= 0.6 is 11.3 Å². The molecule has 0 fully saturated rings. The lowest BCUT2D eigenvalue weighted by atomic mass is 10.1. The molecule has 0 aliphatic rings. The number of rotatable bonds is 1. The molecule has 1 aromatic heterocycles. The fraction of sp³-hybridized carbons (Fsp3) is 0.182. The van der Waals surface area contributed by atoms with E-state index in [1.54, 1.807) is 11.3 Å². The van der Waals surface area contributed by atoms with Gasteiger partial charge in [0.15, 0.2) is 0 Å². The Morgan fingerprint density at radius 2 is 1.77 bits per heavy atom. The van der Waals surface area contributed by atoms with E-state index in [0.717, 1.165) is 5.69 Å². The van der Waals surface area contributed by atoms with Gasteiger partial charge in [-0.3, -0.25) is 0 Å². The van der Waals surface area contributed by atoms with Crippen LogP contribution in [0.3, 0.4) is 0 Å². The zero-order valence-electron chi connectivity index (χ0n) is 7.74. The number of aromatic nitrogens is 1. The molecule has 2 heteroatoms. The van der Waals surface area contributed by atoms with Crippen LogP contribution in [0.4, 0.5) is 0 Å². The van der Waals surface area contributed by atoms with Crippen LogP contribution in [0.25, 0.3) is 10.4 Å². The maximum atomic E-state index is 4.23. The molecule has 0 saturated heterocycles. The summed E-state index contributed by atoms with van der Waals surface area (Å²) in [5.74, 6) is 0. The molecule has 1 aromatic carbocycles. The van der Waals surface area contributed by atoms with Crippen molar-refractivity contribution in [2.45, 2.75) is 13.8 Å². The second-order valence-corrected chi connectivity index (χ2v) is 3.99. The molecule has 0 unspecified atom stereocenters. The van der Waals surface area contributed by atoms with Crippen LogP contribution in [0, 0.1) is 13.8 Å². The summed E-state index contributed by atoms with van der Waals surface area (Å²) in [6.45, 7) is 4.15. The number of hydrogen-bond donors (Lipinski definition) is 0. The molecule has 0 saturated carbocycles. The highest BCUT2D eigenvalue weighted by Gasteiger charge is 2.02. The molecule has 1 heterocycles. The molecule has 2 rings (SSSR count). The molecule has 0 atom stereocenters. The minimum absolute atomic E-state index is 1.12. The second kappa shape index (κ2) is 3.30. The van der Waals surface area contributed by atoms with Crippen molar-refractivity contribution in [2.75, 3.05) is 0 Å². The van der Waals surface area contributed by atoms with Crippen LogP contribution < -0.4 is 0 Å². The van der Waals surface area contributed by atoms with E-state index in [4.69, 9.17) is 0 Å². The third-order valence-corrected chi connectivity index (χ3v) is 3.04. The van der Waals surface area contributed by atoms with E-state index < -0.39 is 0 Å². The summed E-state index contributed by atoms with van der Waals surface area (Å²) in [6, 6.07) is 8.56. The number of hydrogen-bond acceptors (Lipinski definition) is 2. The van der Waals surface area contributed by atoms with Crippen molar-refractivity contribution in [3.8, 4) is 10.4 Å². The lowest BCUT2D eigenvalue weighted by Crippen LogP contribution is -1.78. The van der Waals surface area contributed by atoms with E-state index in [9.17, 15) is 0 Å². The summed E-state index contributed by atoms with van der Waals surface area (Å²) in [6.07, 6.45) is 0. The monoisotopic (exact) mass is 189 g/mol. The third-order valence-electron chi connectivity index (χ3n) is 2.06. The van der Waals surface area contributed by atoms with Gasteiger partial charge in [0.05, 0.1) is 16.1 Å². The summed E-state index contributed by atoms with van der Waals surface area (Å²) >= 11 is 1.70. The van der Waals surface area contributed by atoms with Crippen LogP contribution in [0.15, 0.2) is 29.8 Å². The Kier molecular flexibility index (Phi) is 2.15. The summed E-state index contributed by atoms with van der Waals surface area (Å²) in [7, 11) is 0. The quantitative estimate of drug-likeness (QED) is 0.669. The number of benzene rings is 1. The SMILES string of the molecule is Cc1ccc(-c2scnc2C)cc1. The highest BCUT2D eigenvalue weighted by molar-refractivity contribution is 7.13. The van der Waals surface area contributed by atoms with Crippen molar-refractivity contribution in [2.24, 2.45) is 0 Å². The molecule has 0 radical (unpaired) electrons. The Bertz CT molecular complexity index is 400. The highest BCUT2D eigenvalue weighted by Crippen LogP contribution is 2.26. The van der Waals surface area contributed by atoms with E-state index in [-0.39, 0.29) is 0 Å². The Hall–Kier alpha value is -1.15. The van der Waals surface area contributed by atoms with Crippen molar-refractivity contribution in [1.29, 1.82) is 0 Å². The van der Waals surface area contributed by atoms with Crippen LogP contribution in [0.2, 0.25) is 0 Å². The topological polar surface area (TPSA) is 12.9 Å². The molecule has 0 aliphatic carbocycles. The van der Waals surface area contributed by atoms with Gasteiger partial charge < -0.3 is 0 Å². The second-order valence-electron chi connectivity index (χ2n) is 3.13. The lowest BCUT2D eigenvalue weighted by molar-refractivity contribution is 1.27. The van der Waals surface area contributed by atoms with E-state index >= 15 is 0 Å². The molecule has 66 valence electrons. The van der Waals surface area contributed by atoms with Crippen LogP contribution in [0.1, 0.15) is 11.3 Å². The van der Waals surface area contributed by atoms with Gasteiger partial charge in [0.25, 0.3) is 0 Å². The Labute approximate surface area is 82.1 Å². The summed E-state index contributed by atoms with van der Waals surface area (Å²) in [4.78, 5) is 5.51. The third kappa shape index (κ3) is 1.63. The fourth-order valence-corrected chi connectivity index (χ4v) is 2.10. The van der Waals surface area contributed by atoms with Gasteiger partial charge in [-0.2, -0.15) is 0 Å². The minimum atomic E-state index is 1.12. The first-order valence-corrected chi connectivity index (χ1v) is 5.12. The average molecular weight is 189 g/mol. The van der Waals surface area contributed by atoms with Gasteiger partial charge in [0, 0.05) is 0 Å². The Balaban J connectivity index is 2.47. The smallest absolute Gasteiger partial charge is 0.0801 e. The summed E-state index contributed by atoms with van der Waals surface area (Å²) in [5.41, 5.74) is 5.58. The largest absolute Gasteiger partial charge is 0.249 e. The zero-order chi connectivity index (χ0) is 9.26. The molecule has 1 nitrogen and oxygen atoms in total. The number of nitrogens with zero attached hydrogens (tertiary/aromatic N) is 1. The molecular weight excluding hydrogens is 178 g/mol. The van der Waals surface area contributed by atoms with Crippen LogP contribution in [-0.4, -0.2) is 4.98 Å². The molecule has 13 heavy (non-hydrogen) atoms. The highest BCUT2D eigenvalue weighted by atomic mass is 32.1. The van der Waals surface area contributed by atoms with Crippen LogP contribution in [-0.2, 0) is 0 Å². The number of thiazole rings is 1. The zero-order valence-corrected chi connectivity index (χ0v) is 8.56. The molecule has 0 amide bonds. The predicted molar refractivity (Wildman–Crippen MR) is 57.0 cm³/mol. The molecule has 0 N–H and O–H groups in total. The standard InChI is InChI=1S/C11H11NS/c1-8-3-5-10(6-4-8)11-9(2)12-7-13-11/h3-7H,1-2H3. The molecular formula is C11H11NS. The fourth-order valence-electron chi connectivity index (χ4n) is 1.28. The van der Waals surface area contributed by atoms with E-state index in [2.05, 4.69) is 36.2 Å². The summed E-state index contributed by atoms with van der Waals surface area (Å²) in [5, 5.41) is 0. The van der Waals surface area contributed by atoms with Gasteiger partial charge in [-0.1, -0.05) is 29.8 Å². The predicted octanol–water partition coefficient (Wildman–Crippen LogP) is 3.43. The molecule has 0 bridgehead atoms. The first kappa shape index (κ1) is 8.45. The van der Waals surface area contributed by atoms with Gasteiger partial charge in [0.2, 0.25) is 0 Å². The maximum Gasteiger partial charge on any atom is 0.0801 e. The average Bonchev–Trinajstić information content (AvgIpc) is 2.53. The molecule has 0 spiro atoms. The van der Waals surface area contributed by atoms with Gasteiger partial charge in [0.1, 0.15) is 0 Å². The van der Waals surface area contributed by atoms with E-state index in [0.29, 0.717) is 0 Å². The first-order valence-electron chi connectivity index (χ1n) is 4.24. The maximum absolute atomic E-state index is 4.23. The molecule has 0 aliphatic heterocycles. The van der Waals surface area contributed by atoms with Crippen molar-refractivity contribution in [3.05, 3.63) is 41.0 Å². The molecule has 2 aromatic rings. The van der Waals surface area contributed by atoms with E-state index in [1.807, 2.05) is 12.4 Å². The van der Waals surface area contributed by atoms with Gasteiger partial charge in [-0.05, 0) is 19.4 Å². The van der Waals surface area contributed by atoms with Gasteiger partial charge in [-0.25, -0.2) is 4.98 Å². The van der Waals surface area contributed by atoms with Crippen molar-refractivity contribution >= 4 is 11.3 Å². The number of aryl methyl sites for hydroxylation is 2. The lowest BCUT2D eigenvalue weighted by Gasteiger charge is -1.98. The minimum Gasteiger partial charge on any atom is -0.249 e. The normalized spacial score (nSPS) is 10.3. The van der Waals surface area contributed by atoms with E-state index in [1.165, 1.54) is 16.0 Å². The van der Waals surface area contributed by atoms with Crippen molar-refractivity contribution < 1.29 is 0 Å². The Morgan fingerprint density at radius 3 is 2.31 bits per heavy atom. The van der Waals surface area contributed by atoms with Crippen molar-refractivity contribution in [3.63, 3.8) is 0 Å². The van der Waals surface area contributed by atoms with Crippen molar-refractivity contribution in [1.82, 2.24) is 4.98 Å². The van der Waals surface area contributed by atoms with Gasteiger partial charge in [-0.15, -0.1) is 11.3 Å². The van der Waals surface area contributed by atoms with Crippen LogP contribution in [0.5, 0.6) is 0 Å². The summed E-state index contributed by atoms with van der Waals surface area (Å²) < 4.78 is 0. The first-order chi connectivity index (χ1) is 6.27. The van der Waals surface area contributed by atoms with Gasteiger partial charge >= 0.3 is 0 Å².